The number of hydrogen-bond acceptors (Lipinski definition) is 6. The van der Waals surface area contributed by atoms with Gasteiger partial charge in [0, 0.05) is 51.1 Å². The summed E-state index contributed by atoms with van der Waals surface area (Å²) in [7, 11) is 1.91. The summed E-state index contributed by atoms with van der Waals surface area (Å²) < 4.78 is 0. The second-order valence-electron chi connectivity index (χ2n) is 5.81. The minimum atomic E-state index is -0.229. The number of pyridine rings is 2. The SMILES string of the molecule is CN(CCc1ccncc1)c1nccc(C(=O)NCc2ccncc2)n1. The third-order valence-electron chi connectivity index (χ3n) is 3.90. The Balaban J connectivity index is 1.59. The average Bonchev–Trinajstić information content (AvgIpc) is 2.72. The lowest BCUT2D eigenvalue weighted by molar-refractivity contribution is 0.0946. The molecule has 0 radical (unpaired) electrons. The molecule has 3 aromatic rings. The van der Waals surface area contributed by atoms with Gasteiger partial charge in [0.2, 0.25) is 5.95 Å². The number of carbonyl (C=O) groups is 1. The van der Waals surface area contributed by atoms with E-state index in [0.717, 1.165) is 18.5 Å². The second kappa shape index (κ2) is 8.66. The van der Waals surface area contributed by atoms with Crippen molar-refractivity contribution in [1.82, 2.24) is 25.3 Å². The molecule has 3 rings (SSSR count). The van der Waals surface area contributed by atoms with Gasteiger partial charge in [0.1, 0.15) is 5.69 Å². The van der Waals surface area contributed by atoms with Crippen molar-refractivity contribution in [3.8, 4) is 0 Å². The van der Waals surface area contributed by atoms with Crippen LogP contribution in [0.15, 0.2) is 61.3 Å². The van der Waals surface area contributed by atoms with E-state index in [2.05, 4.69) is 25.3 Å². The van der Waals surface area contributed by atoms with Gasteiger partial charge in [0.25, 0.3) is 5.91 Å². The second-order valence-corrected chi connectivity index (χ2v) is 5.81. The first-order chi connectivity index (χ1) is 12.7. The normalized spacial score (nSPS) is 10.3. The number of carbonyl (C=O) groups excluding carboxylic acids is 1. The molecule has 132 valence electrons. The highest BCUT2D eigenvalue weighted by Gasteiger charge is 2.11. The highest BCUT2D eigenvalue weighted by Crippen LogP contribution is 2.08. The van der Waals surface area contributed by atoms with Crippen LogP contribution in [0.4, 0.5) is 5.95 Å². The highest BCUT2D eigenvalue weighted by atomic mass is 16.1. The molecule has 0 unspecified atom stereocenters. The van der Waals surface area contributed by atoms with Crippen LogP contribution >= 0.6 is 0 Å². The van der Waals surface area contributed by atoms with E-state index in [1.165, 1.54) is 5.56 Å². The van der Waals surface area contributed by atoms with Crippen LogP contribution in [0, 0.1) is 0 Å². The summed E-state index contributed by atoms with van der Waals surface area (Å²) >= 11 is 0. The molecule has 0 aliphatic rings. The first-order valence-corrected chi connectivity index (χ1v) is 8.32. The van der Waals surface area contributed by atoms with E-state index in [0.29, 0.717) is 18.2 Å². The molecule has 1 N–H and O–H groups in total. The molecular weight excluding hydrogens is 328 g/mol. The molecule has 1 amide bonds. The number of amides is 1. The van der Waals surface area contributed by atoms with E-state index in [-0.39, 0.29) is 5.91 Å². The zero-order valence-corrected chi connectivity index (χ0v) is 14.5. The Morgan fingerprint density at radius 1 is 0.962 bits per heavy atom. The first kappa shape index (κ1) is 17.5. The number of aromatic nitrogens is 4. The molecule has 0 spiro atoms. The van der Waals surface area contributed by atoms with Crippen molar-refractivity contribution in [2.24, 2.45) is 0 Å². The van der Waals surface area contributed by atoms with Crippen molar-refractivity contribution < 1.29 is 4.79 Å². The summed E-state index contributed by atoms with van der Waals surface area (Å²) in [5, 5.41) is 2.86. The predicted molar refractivity (Wildman–Crippen MR) is 98.7 cm³/mol. The van der Waals surface area contributed by atoms with Gasteiger partial charge >= 0.3 is 0 Å². The highest BCUT2D eigenvalue weighted by molar-refractivity contribution is 5.92. The molecule has 0 fully saturated rings. The van der Waals surface area contributed by atoms with Gasteiger partial charge in [-0.05, 0) is 47.9 Å². The Morgan fingerprint density at radius 2 is 1.62 bits per heavy atom. The molecule has 0 saturated heterocycles. The van der Waals surface area contributed by atoms with Crippen molar-refractivity contribution in [3.63, 3.8) is 0 Å². The lowest BCUT2D eigenvalue weighted by atomic mass is 10.2. The van der Waals surface area contributed by atoms with Gasteiger partial charge < -0.3 is 10.2 Å². The van der Waals surface area contributed by atoms with E-state index >= 15 is 0 Å². The quantitative estimate of drug-likeness (QED) is 0.702. The van der Waals surface area contributed by atoms with Crippen LogP contribution in [0.5, 0.6) is 0 Å². The Morgan fingerprint density at radius 3 is 2.31 bits per heavy atom. The number of rotatable bonds is 7. The Hall–Kier alpha value is -3.35. The summed E-state index contributed by atoms with van der Waals surface area (Å²) in [6, 6.07) is 9.30. The lowest BCUT2D eigenvalue weighted by Crippen LogP contribution is -2.27. The molecule has 0 bridgehead atoms. The Bertz CT molecular complexity index is 841. The molecule has 0 saturated carbocycles. The van der Waals surface area contributed by atoms with Crippen LogP contribution in [0.25, 0.3) is 0 Å². The fourth-order valence-corrected chi connectivity index (χ4v) is 2.38. The van der Waals surface area contributed by atoms with Gasteiger partial charge in [-0.15, -0.1) is 0 Å². The summed E-state index contributed by atoms with van der Waals surface area (Å²) in [4.78, 5) is 30.9. The third-order valence-corrected chi connectivity index (χ3v) is 3.90. The van der Waals surface area contributed by atoms with Gasteiger partial charge in [0.05, 0.1) is 0 Å². The summed E-state index contributed by atoms with van der Waals surface area (Å²) in [5.74, 6) is 0.295. The van der Waals surface area contributed by atoms with E-state index in [4.69, 9.17) is 0 Å². The van der Waals surface area contributed by atoms with Gasteiger partial charge in [0.15, 0.2) is 0 Å². The van der Waals surface area contributed by atoms with E-state index in [1.54, 1.807) is 37.1 Å². The van der Waals surface area contributed by atoms with Crippen LogP contribution in [-0.4, -0.2) is 39.4 Å². The molecule has 7 heteroatoms. The van der Waals surface area contributed by atoms with Gasteiger partial charge in [-0.2, -0.15) is 0 Å². The minimum Gasteiger partial charge on any atom is -0.347 e. The van der Waals surface area contributed by atoms with Crippen molar-refractivity contribution >= 4 is 11.9 Å². The molecule has 0 atom stereocenters. The summed E-state index contributed by atoms with van der Waals surface area (Å²) in [6.45, 7) is 1.17. The fraction of sp³-hybridized carbons (Fsp3) is 0.211. The monoisotopic (exact) mass is 348 g/mol. The molecule has 3 heterocycles. The smallest absolute Gasteiger partial charge is 0.270 e. The number of hydrogen-bond donors (Lipinski definition) is 1. The van der Waals surface area contributed by atoms with Gasteiger partial charge in [-0.25, -0.2) is 9.97 Å². The topological polar surface area (TPSA) is 83.9 Å². The maximum atomic E-state index is 12.3. The zero-order chi connectivity index (χ0) is 18.2. The van der Waals surface area contributed by atoms with Gasteiger partial charge in [-0.3, -0.25) is 14.8 Å². The van der Waals surface area contributed by atoms with Crippen molar-refractivity contribution in [2.75, 3.05) is 18.5 Å². The molecule has 0 aliphatic heterocycles. The fourth-order valence-electron chi connectivity index (χ4n) is 2.38. The molecule has 0 aromatic carbocycles. The van der Waals surface area contributed by atoms with Crippen LogP contribution in [0.1, 0.15) is 21.6 Å². The largest absolute Gasteiger partial charge is 0.347 e. The maximum Gasteiger partial charge on any atom is 0.270 e. The van der Waals surface area contributed by atoms with Crippen LogP contribution in [0.2, 0.25) is 0 Å². The Kier molecular flexibility index (Phi) is 5.82. The van der Waals surface area contributed by atoms with Crippen LogP contribution < -0.4 is 10.2 Å². The summed E-state index contributed by atoms with van der Waals surface area (Å²) in [6.07, 6.45) is 9.40. The van der Waals surface area contributed by atoms with Crippen molar-refractivity contribution in [2.45, 2.75) is 13.0 Å². The van der Waals surface area contributed by atoms with E-state index in [9.17, 15) is 4.79 Å². The number of nitrogens with zero attached hydrogens (tertiary/aromatic N) is 5. The summed E-state index contributed by atoms with van der Waals surface area (Å²) in [5.41, 5.74) is 2.52. The van der Waals surface area contributed by atoms with E-state index in [1.807, 2.05) is 36.2 Å². The number of nitrogens with one attached hydrogen (secondary N) is 1. The molecule has 0 aliphatic carbocycles. The number of anilines is 1. The lowest BCUT2D eigenvalue weighted by Gasteiger charge is -2.17. The molecule has 3 aromatic heterocycles. The van der Waals surface area contributed by atoms with Crippen LogP contribution in [0.3, 0.4) is 0 Å². The molecular formula is C19H20N6O. The standard InChI is InChI=1S/C19H20N6O/c1-25(13-7-15-2-8-20-9-3-15)19-22-12-6-17(24-19)18(26)23-14-16-4-10-21-11-5-16/h2-6,8-12H,7,13-14H2,1H3,(H,23,26). The van der Waals surface area contributed by atoms with Gasteiger partial charge in [-0.1, -0.05) is 0 Å². The average molecular weight is 348 g/mol. The Labute approximate surface area is 152 Å². The molecule has 26 heavy (non-hydrogen) atoms. The molecule has 7 nitrogen and oxygen atoms in total. The minimum absolute atomic E-state index is 0.229. The van der Waals surface area contributed by atoms with Crippen molar-refractivity contribution in [1.29, 1.82) is 0 Å². The third kappa shape index (κ3) is 4.83. The van der Waals surface area contributed by atoms with Crippen molar-refractivity contribution in [3.05, 3.63) is 78.1 Å². The maximum absolute atomic E-state index is 12.3. The van der Waals surface area contributed by atoms with Crippen LogP contribution in [-0.2, 0) is 13.0 Å². The predicted octanol–water partition coefficient (Wildman–Crippen LogP) is 1.88. The first-order valence-electron chi connectivity index (χ1n) is 8.32. The zero-order valence-electron chi connectivity index (χ0n) is 14.5. The number of likely N-dealkylation sites (N-methyl/N-ethyl adjacent to an activating group) is 1. The van der Waals surface area contributed by atoms with E-state index < -0.39 is 0 Å².